The lowest BCUT2D eigenvalue weighted by molar-refractivity contribution is 0.0391. The molecule has 32 heavy (non-hydrogen) atoms. The fourth-order valence-corrected chi connectivity index (χ4v) is 4.94. The Labute approximate surface area is 191 Å². The van der Waals surface area contributed by atoms with Crippen molar-refractivity contribution in [3.8, 4) is 5.75 Å². The summed E-state index contributed by atoms with van der Waals surface area (Å²) in [7, 11) is 1.65. The Balaban J connectivity index is 1.48. The van der Waals surface area contributed by atoms with Gasteiger partial charge in [-0.2, -0.15) is 0 Å². The Morgan fingerprint density at radius 3 is 2.72 bits per heavy atom. The maximum Gasteiger partial charge on any atom is 0.260 e. The van der Waals surface area contributed by atoms with E-state index in [-0.39, 0.29) is 5.91 Å². The summed E-state index contributed by atoms with van der Waals surface area (Å²) in [5.74, 6) is 0.727. The van der Waals surface area contributed by atoms with Gasteiger partial charge in [-0.3, -0.25) is 14.6 Å². The topological polar surface area (TPSA) is 54.9 Å². The molecule has 6 nitrogen and oxygen atoms in total. The van der Waals surface area contributed by atoms with Crippen molar-refractivity contribution in [3.05, 3.63) is 66.2 Å². The monoisotopic (exact) mass is 447 g/mol. The van der Waals surface area contributed by atoms with Gasteiger partial charge in [-0.05, 0) is 35.0 Å². The molecule has 0 aliphatic carbocycles. The predicted octanol–water partition coefficient (Wildman–Crippen LogP) is 4.44. The molecule has 0 atom stereocenters. The van der Waals surface area contributed by atoms with E-state index in [0.717, 1.165) is 59.6 Å². The number of hydrogen-bond acceptors (Lipinski definition) is 6. The fourth-order valence-electron chi connectivity index (χ4n) is 3.97. The number of amides is 1. The van der Waals surface area contributed by atoms with Crippen LogP contribution < -0.4 is 9.64 Å². The summed E-state index contributed by atoms with van der Waals surface area (Å²) in [6.45, 7) is 4.59. The minimum absolute atomic E-state index is 0.0324. The van der Waals surface area contributed by atoms with E-state index in [1.807, 2.05) is 59.5 Å². The third kappa shape index (κ3) is 4.32. The third-order valence-electron chi connectivity index (χ3n) is 5.80. The van der Waals surface area contributed by atoms with Gasteiger partial charge in [0.2, 0.25) is 0 Å². The number of nitrogens with zero attached hydrogens (tertiary/aromatic N) is 3. The van der Waals surface area contributed by atoms with Crippen molar-refractivity contribution < 1.29 is 14.3 Å². The second kappa shape index (κ2) is 9.24. The van der Waals surface area contributed by atoms with Crippen molar-refractivity contribution >= 4 is 43.4 Å². The lowest BCUT2D eigenvalue weighted by Gasteiger charge is -2.29. The maximum absolute atomic E-state index is 13.7. The van der Waals surface area contributed by atoms with E-state index < -0.39 is 0 Å². The van der Waals surface area contributed by atoms with Crippen molar-refractivity contribution in [2.45, 2.75) is 0 Å². The second-order valence-corrected chi connectivity index (χ2v) is 8.81. The quantitative estimate of drug-likeness (QED) is 0.438. The van der Waals surface area contributed by atoms with Crippen LogP contribution in [0, 0.1) is 0 Å². The van der Waals surface area contributed by atoms with Crippen LogP contribution in [0.25, 0.3) is 21.0 Å². The number of ether oxygens (including phenoxy) is 2. The molecule has 1 fully saturated rings. The second-order valence-electron chi connectivity index (χ2n) is 7.80. The molecule has 1 amide bonds. The lowest BCUT2D eigenvalue weighted by Crippen LogP contribution is -2.43. The molecule has 1 saturated heterocycles. The molecule has 5 rings (SSSR count). The molecule has 3 aromatic carbocycles. The molecule has 1 aromatic heterocycles. The van der Waals surface area contributed by atoms with Gasteiger partial charge in [-0.15, -0.1) is 0 Å². The van der Waals surface area contributed by atoms with Gasteiger partial charge in [0, 0.05) is 37.8 Å². The van der Waals surface area contributed by atoms with Gasteiger partial charge in [0.15, 0.2) is 5.13 Å². The van der Waals surface area contributed by atoms with Crippen molar-refractivity contribution in [1.29, 1.82) is 0 Å². The summed E-state index contributed by atoms with van der Waals surface area (Å²) in [5.41, 5.74) is 1.51. The zero-order chi connectivity index (χ0) is 21.9. The van der Waals surface area contributed by atoms with Crippen LogP contribution in [0.1, 0.15) is 10.4 Å². The van der Waals surface area contributed by atoms with Crippen molar-refractivity contribution in [2.24, 2.45) is 0 Å². The number of carbonyl (C=O) groups is 1. The number of rotatable bonds is 6. The summed E-state index contributed by atoms with van der Waals surface area (Å²) in [6, 6.07) is 19.8. The molecule has 2 heterocycles. The van der Waals surface area contributed by atoms with Gasteiger partial charge >= 0.3 is 0 Å². The average Bonchev–Trinajstić information content (AvgIpc) is 3.27. The van der Waals surface area contributed by atoms with Crippen LogP contribution in [-0.2, 0) is 4.74 Å². The Kier molecular flexibility index (Phi) is 6.03. The van der Waals surface area contributed by atoms with Gasteiger partial charge in [-0.25, -0.2) is 4.98 Å². The van der Waals surface area contributed by atoms with Crippen molar-refractivity contribution in [3.63, 3.8) is 0 Å². The molecule has 0 bridgehead atoms. The first-order valence-electron chi connectivity index (χ1n) is 10.8. The first kappa shape index (κ1) is 20.9. The number of morpholine rings is 1. The van der Waals surface area contributed by atoms with Gasteiger partial charge < -0.3 is 9.47 Å². The number of hydrogen-bond donors (Lipinski definition) is 0. The Bertz CT molecular complexity index is 1250. The SMILES string of the molecule is COc1ccc2sc(N(CCN3CCOCC3)C(=O)c3ccc4ccccc4c3)nc2c1. The molecule has 0 spiro atoms. The molecule has 0 radical (unpaired) electrons. The van der Waals surface area contributed by atoms with Crippen LogP contribution in [0.5, 0.6) is 5.75 Å². The predicted molar refractivity (Wildman–Crippen MR) is 129 cm³/mol. The van der Waals surface area contributed by atoms with E-state index in [2.05, 4.69) is 11.0 Å². The highest BCUT2D eigenvalue weighted by Gasteiger charge is 2.23. The van der Waals surface area contributed by atoms with Crippen LogP contribution in [0.4, 0.5) is 5.13 Å². The van der Waals surface area contributed by atoms with E-state index in [1.54, 1.807) is 7.11 Å². The van der Waals surface area contributed by atoms with E-state index >= 15 is 0 Å². The third-order valence-corrected chi connectivity index (χ3v) is 6.86. The van der Waals surface area contributed by atoms with E-state index in [4.69, 9.17) is 14.5 Å². The van der Waals surface area contributed by atoms with Gasteiger partial charge in [0.1, 0.15) is 5.75 Å². The molecule has 7 heteroatoms. The van der Waals surface area contributed by atoms with Crippen LogP contribution in [0.3, 0.4) is 0 Å². The standard InChI is InChI=1S/C25H25N3O3S/c1-30-21-8-9-23-22(17-21)26-25(32-23)28(11-10-27-12-14-31-15-13-27)24(29)20-7-6-18-4-2-3-5-19(18)16-20/h2-9,16-17H,10-15H2,1H3. The minimum Gasteiger partial charge on any atom is -0.497 e. The largest absolute Gasteiger partial charge is 0.497 e. The van der Waals surface area contributed by atoms with Crippen LogP contribution in [0.2, 0.25) is 0 Å². The minimum atomic E-state index is -0.0324. The van der Waals surface area contributed by atoms with E-state index in [1.165, 1.54) is 11.3 Å². The maximum atomic E-state index is 13.7. The molecular weight excluding hydrogens is 422 g/mol. The van der Waals surface area contributed by atoms with E-state index in [0.29, 0.717) is 17.2 Å². The number of methoxy groups -OCH3 is 1. The first-order valence-corrected chi connectivity index (χ1v) is 11.6. The summed E-state index contributed by atoms with van der Waals surface area (Å²) >= 11 is 1.53. The van der Waals surface area contributed by atoms with Crippen LogP contribution in [0.15, 0.2) is 60.7 Å². The smallest absolute Gasteiger partial charge is 0.260 e. The average molecular weight is 448 g/mol. The molecule has 0 saturated carbocycles. The molecule has 0 unspecified atom stereocenters. The highest BCUT2D eigenvalue weighted by atomic mass is 32.1. The number of carbonyl (C=O) groups excluding carboxylic acids is 1. The number of benzene rings is 3. The number of anilines is 1. The van der Waals surface area contributed by atoms with Crippen LogP contribution in [-0.4, -0.2) is 62.3 Å². The Morgan fingerprint density at radius 1 is 1.09 bits per heavy atom. The Morgan fingerprint density at radius 2 is 1.91 bits per heavy atom. The summed E-state index contributed by atoms with van der Waals surface area (Å²) < 4.78 is 11.8. The van der Waals surface area contributed by atoms with E-state index in [9.17, 15) is 4.79 Å². The normalized spacial score (nSPS) is 14.7. The zero-order valence-electron chi connectivity index (χ0n) is 18.0. The molecule has 0 N–H and O–H groups in total. The number of aromatic nitrogens is 1. The first-order chi connectivity index (χ1) is 15.7. The van der Waals surface area contributed by atoms with Crippen LogP contribution >= 0.6 is 11.3 Å². The van der Waals surface area contributed by atoms with Crippen molar-refractivity contribution in [2.75, 3.05) is 51.4 Å². The summed E-state index contributed by atoms with van der Waals surface area (Å²) in [6.07, 6.45) is 0. The summed E-state index contributed by atoms with van der Waals surface area (Å²) in [5, 5.41) is 2.89. The van der Waals surface area contributed by atoms with Gasteiger partial charge in [-0.1, -0.05) is 41.7 Å². The molecule has 1 aliphatic rings. The highest BCUT2D eigenvalue weighted by Crippen LogP contribution is 2.32. The lowest BCUT2D eigenvalue weighted by atomic mass is 10.1. The molecular formula is C25H25N3O3S. The number of fused-ring (bicyclic) bond motifs is 2. The Hall–Kier alpha value is -3.00. The highest BCUT2D eigenvalue weighted by molar-refractivity contribution is 7.22. The zero-order valence-corrected chi connectivity index (χ0v) is 18.8. The molecule has 164 valence electrons. The van der Waals surface area contributed by atoms with Gasteiger partial charge in [0.05, 0.1) is 30.5 Å². The van der Waals surface area contributed by atoms with Gasteiger partial charge in [0.25, 0.3) is 5.91 Å². The molecule has 4 aromatic rings. The fraction of sp³-hybridized carbons (Fsp3) is 0.280. The number of thiazole rings is 1. The molecule has 1 aliphatic heterocycles. The van der Waals surface area contributed by atoms with Crippen molar-refractivity contribution in [1.82, 2.24) is 9.88 Å². The summed E-state index contributed by atoms with van der Waals surface area (Å²) in [4.78, 5) is 22.6.